The molecule has 0 rings (SSSR count). The maximum atomic E-state index is 10.5. The van der Waals surface area contributed by atoms with Crippen LogP contribution in [0.1, 0.15) is 6.92 Å². The quantitative estimate of drug-likeness (QED) is 0.597. The molecule has 3 heteroatoms. The van der Waals surface area contributed by atoms with Gasteiger partial charge in [-0.2, -0.15) is 0 Å². The summed E-state index contributed by atoms with van der Waals surface area (Å²) < 4.78 is 0. The van der Waals surface area contributed by atoms with Crippen LogP contribution in [0.15, 0.2) is 10.6 Å². The molecule has 0 spiro atoms. The fraction of sp³-hybridized carbons (Fsp3) is 0.400. The summed E-state index contributed by atoms with van der Waals surface area (Å²) in [6, 6.07) is 0. The third-order valence-corrected chi connectivity index (χ3v) is 1.44. The average Bonchev–Trinajstić information content (AvgIpc) is 1.84. The van der Waals surface area contributed by atoms with Crippen molar-refractivity contribution < 1.29 is 4.79 Å². The third kappa shape index (κ3) is 2.12. The van der Waals surface area contributed by atoms with E-state index in [4.69, 9.17) is 0 Å². The van der Waals surface area contributed by atoms with Gasteiger partial charge >= 0.3 is 0 Å². The third-order valence-electron chi connectivity index (χ3n) is 0.749. The van der Waals surface area contributed by atoms with E-state index in [0.29, 0.717) is 5.57 Å². The minimum absolute atomic E-state index is 0.0538. The number of likely N-dealkylation sites (N-methyl/N-ethyl adjacent to an activating group) is 1. The van der Waals surface area contributed by atoms with E-state index in [9.17, 15) is 4.79 Å². The van der Waals surface area contributed by atoms with Gasteiger partial charge in [0.1, 0.15) is 0 Å². The molecule has 0 saturated heterocycles. The molecule has 0 unspecified atom stereocenters. The van der Waals surface area contributed by atoms with E-state index >= 15 is 0 Å². The lowest BCUT2D eigenvalue weighted by Crippen LogP contribution is -2.17. The fourth-order valence-corrected chi connectivity index (χ4v) is 0.455. The molecule has 0 aliphatic heterocycles. The zero-order valence-corrected chi connectivity index (χ0v) is 6.45. The van der Waals surface area contributed by atoms with Crippen molar-refractivity contribution in [3.05, 3.63) is 10.6 Å². The van der Waals surface area contributed by atoms with Crippen LogP contribution < -0.4 is 5.32 Å². The van der Waals surface area contributed by atoms with Crippen molar-refractivity contribution >= 4 is 21.8 Å². The standard InChI is InChI=1S/C5H8BrNO/c1-4(3-6)5(8)7-2/h3H,1-2H3,(H,7,8)/b4-3+. The maximum Gasteiger partial charge on any atom is 0.247 e. The minimum atomic E-state index is -0.0538. The highest BCUT2D eigenvalue weighted by molar-refractivity contribution is 9.11. The number of rotatable bonds is 1. The summed E-state index contributed by atoms with van der Waals surface area (Å²) in [6.45, 7) is 1.73. The van der Waals surface area contributed by atoms with Crippen molar-refractivity contribution in [2.24, 2.45) is 0 Å². The summed E-state index contributed by atoms with van der Waals surface area (Å²) in [7, 11) is 1.60. The summed E-state index contributed by atoms with van der Waals surface area (Å²) in [6.07, 6.45) is 0. The first-order valence-electron chi connectivity index (χ1n) is 2.21. The Hall–Kier alpha value is -0.310. The monoisotopic (exact) mass is 177 g/mol. The van der Waals surface area contributed by atoms with E-state index in [-0.39, 0.29) is 5.91 Å². The molecule has 0 saturated carbocycles. The minimum Gasteiger partial charge on any atom is -0.355 e. The molecule has 46 valence electrons. The predicted molar refractivity (Wildman–Crippen MR) is 36.8 cm³/mol. The largest absolute Gasteiger partial charge is 0.355 e. The molecule has 8 heavy (non-hydrogen) atoms. The highest BCUT2D eigenvalue weighted by Crippen LogP contribution is 1.94. The van der Waals surface area contributed by atoms with Gasteiger partial charge in [-0.05, 0) is 11.9 Å². The van der Waals surface area contributed by atoms with Gasteiger partial charge in [-0.3, -0.25) is 4.79 Å². The fourth-order valence-electron chi connectivity index (χ4n) is 0.247. The lowest BCUT2D eigenvalue weighted by molar-refractivity contribution is -0.116. The van der Waals surface area contributed by atoms with E-state index in [1.54, 1.807) is 19.0 Å². The van der Waals surface area contributed by atoms with Gasteiger partial charge in [-0.25, -0.2) is 0 Å². The van der Waals surface area contributed by atoms with Gasteiger partial charge < -0.3 is 5.32 Å². The summed E-state index contributed by atoms with van der Waals surface area (Å²) >= 11 is 3.03. The van der Waals surface area contributed by atoms with Crippen LogP contribution in [0.2, 0.25) is 0 Å². The Morgan fingerprint density at radius 1 is 1.75 bits per heavy atom. The topological polar surface area (TPSA) is 29.1 Å². The molecular weight excluding hydrogens is 170 g/mol. The normalized spacial score (nSPS) is 11.1. The molecule has 0 fully saturated rings. The Bertz CT molecular complexity index is 120. The van der Waals surface area contributed by atoms with Crippen LogP contribution in [0.25, 0.3) is 0 Å². The first-order valence-corrected chi connectivity index (χ1v) is 3.13. The van der Waals surface area contributed by atoms with Crippen molar-refractivity contribution in [2.75, 3.05) is 7.05 Å². The van der Waals surface area contributed by atoms with Crippen molar-refractivity contribution in [1.82, 2.24) is 5.32 Å². The zero-order valence-electron chi connectivity index (χ0n) is 4.86. The van der Waals surface area contributed by atoms with Crippen LogP contribution >= 0.6 is 15.9 Å². The van der Waals surface area contributed by atoms with Gasteiger partial charge in [-0.15, -0.1) is 0 Å². The molecule has 1 N–H and O–H groups in total. The van der Waals surface area contributed by atoms with Crippen molar-refractivity contribution in [2.45, 2.75) is 6.92 Å². The molecule has 0 heterocycles. The Kier molecular flexibility index (Phi) is 3.52. The number of hydrogen-bond acceptors (Lipinski definition) is 1. The van der Waals surface area contributed by atoms with E-state index in [1.165, 1.54) is 0 Å². The van der Waals surface area contributed by atoms with Crippen molar-refractivity contribution in [3.63, 3.8) is 0 Å². The van der Waals surface area contributed by atoms with E-state index in [0.717, 1.165) is 0 Å². The zero-order chi connectivity index (χ0) is 6.57. The van der Waals surface area contributed by atoms with Gasteiger partial charge in [0.2, 0.25) is 5.91 Å². The summed E-state index contributed by atoms with van der Waals surface area (Å²) in [5.41, 5.74) is 0.674. The predicted octanol–water partition coefficient (Wildman–Crippen LogP) is 1.03. The summed E-state index contributed by atoms with van der Waals surface area (Å²) in [4.78, 5) is 12.1. The summed E-state index contributed by atoms with van der Waals surface area (Å²) in [5.74, 6) is -0.0538. The Morgan fingerprint density at radius 3 is 2.38 bits per heavy atom. The molecule has 0 aromatic heterocycles. The number of carbonyl (C=O) groups excluding carboxylic acids is 1. The number of halogens is 1. The van der Waals surface area contributed by atoms with Crippen LogP contribution in [-0.2, 0) is 4.79 Å². The van der Waals surface area contributed by atoms with Gasteiger partial charge in [0, 0.05) is 12.6 Å². The number of hydrogen-bond donors (Lipinski definition) is 1. The molecule has 0 aliphatic rings. The highest BCUT2D eigenvalue weighted by Gasteiger charge is 1.95. The van der Waals surface area contributed by atoms with E-state index < -0.39 is 0 Å². The lowest BCUT2D eigenvalue weighted by Gasteiger charge is -1.93. The van der Waals surface area contributed by atoms with Gasteiger partial charge in [0.05, 0.1) is 0 Å². The van der Waals surface area contributed by atoms with Crippen LogP contribution in [0, 0.1) is 0 Å². The molecule has 0 aromatic rings. The van der Waals surface area contributed by atoms with Gasteiger partial charge in [0.25, 0.3) is 0 Å². The average molecular weight is 178 g/mol. The molecule has 0 aliphatic carbocycles. The molecule has 0 bridgehead atoms. The highest BCUT2D eigenvalue weighted by atomic mass is 79.9. The second-order valence-electron chi connectivity index (χ2n) is 1.37. The van der Waals surface area contributed by atoms with Crippen LogP contribution in [0.4, 0.5) is 0 Å². The number of carbonyl (C=O) groups is 1. The first-order chi connectivity index (χ1) is 3.72. The van der Waals surface area contributed by atoms with Crippen molar-refractivity contribution in [1.29, 1.82) is 0 Å². The molecule has 2 nitrogen and oxygen atoms in total. The Labute approximate surface area is 57.1 Å². The number of nitrogens with one attached hydrogen (secondary N) is 1. The first kappa shape index (κ1) is 7.69. The summed E-state index contributed by atoms with van der Waals surface area (Å²) in [5, 5.41) is 2.48. The number of amides is 1. The van der Waals surface area contributed by atoms with Gasteiger partial charge in [0.15, 0.2) is 0 Å². The molecule has 0 atom stereocenters. The van der Waals surface area contributed by atoms with Crippen LogP contribution in [0.5, 0.6) is 0 Å². The van der Waals surface area contributed by atoms with Gasteiger partial charge in [-0.1, -0.05) is 15.9 Å². The lowest BCUT2D eigenvalue weighted by atomic mass is 10.3. The van der Waals surface area contributed by atoms with Crippen LogP contribution in [-0.4, -0.2) is 13.0 Å². The smallest absolute Gasteiger partial charge is 0.247 e. The van der Waals surface area contributed by atoms with E-state index in [1.807, 2.05) is 0 Å². The molecule has 0 radical (unpaired) electrons. The van der Waals surface area contributed by atoms with E-state index in [2.05, 4.69) is 21.2 Å². The molecule has 1 amide bonds. The van der Waals surface area contributed by atoms with Crippen molar-refractivity contribution in [3.8, 4) is 0 Å². The SMILES string of the molecule is CNC(=O)/C(C)=C/Br. The maximum absolute atomic E-state index is 10.5. The molecular formula is C5H8BrNO. The molecule has 0 aromatic carbocycles. The Morgan fingerprint density at radius 2 is 2.25 bits per heavy atom. The second kappa shape index (κ2) is 3.66. The second-order valence-corrected chi connectivity index (χ2v) is 1.83. The Balaban J connectivity index is 3.83. The van der Waals surface area contributed by atoms with Crippen LogP contribution in [0.3, 0.4) is 0 Å².